The molecule has 0 spiro atoms. The van der Waals surface area contributed by atoms with E-state index in [0.29, 0.717) is 37.2 Å². The largest absolute Gasteiger partial charge is 0.381 e. The highest BCUT2D eigenvalue weighted by Crippen LogP contribution is 2.36. The molecule has 2 nitrogen and oxygen atoms in total. The zero-order valence-corrected chi connectivity index (χ0v) is 17.1. The molecule has 2 unspecified atom stereocenters. The lowest BCUT2D eigenvalue weighted by Crippen LogP contribution is -2.25. The molecule has 158 valence electrons. The summed E-state index contributed by atoms with van der Waals surface area (Å²) in [7, 11) is 0. The summed E-state index contributed by atoms with van der Waals surface area (Å²) in [6.07, 6.45) is 3.41. The van der Waals surface area contributed by atoms with Crippen LogP contribution in [0.5, 0.6) is 0 Å². The van der Waals surface area contributed by atoms with Crippen molar-refractivity contribution in [3.8, 4) is 11.1 Å². The zero-order valence-electron chi connectivity index (χ0n) is 17.1. The van der Waals surface area contributed by atoms with Crippen LogP contribution in [0.4, 0.5) is 13.2 Å². The molecule has 2 aromatic carbocycles. The highest BCUT2D eigenvalue weighted by molar-refractivity contribution is 5.65. The molecule has 29 heavy (non-hydrogen) atoms. The summed E-state index contributed by atoms with van der Waals surface area (Å²) in [5.41, 5.74) is 1.21. The highest BCUT2D eigenvalue weighted by Gasteiger charge is 2.27. The van der Waals surface area contributed by atoms with Gasteiger partial charge >= 0.3 is 0 Å². The lowest BCUT2D eigenvalue weighted by atomic mass is 9.93. The topological polar surface area (TPSA) is 18.5 Å². The van der Waals surface area contributed by atoms with Crippen molar-refractivity contribution in [2.75, 3.05) is 19.8 Å². The fraction of sp³-hybridized carbons (Fsp3) is 0.500. The molecule has 3 rings (SSSR count). The molecule has 1 aliphatic heterocycles. The molecule has 0 N–H and O–H groups in total. The monoisotopic (exact) mass is 406 g/mol. The SMILES string of the molecule is CCCOCC1CCC(c2ccc(-c3ccc(CCC)c(F)c3)c(F)c2F)OC1. The summed E-state index contributed by atoms with van der Waals surface area (Å²) < 4.78 is 55.2. The first kappa shape index (κ1) is 21.8. The van der Waals surface area contributed by atoms with Gasteiger partial charge in [-0.2, -0.15) is 0 Å². The van der Waals surface area contributed by atoms with Crippen molar-refractivity contribution in [2.24, 2.45) is 5.92 Å². The first-order chi connectivity index (χ1) is 14.0. The maximum atomic E-state index is 14.8. The van der Waals surface area contributed by atoms with E-state index >= 15 is 0 Å². The number of hydrogen-bond donors (Lipinski definition) is 0. The van der Waals surface area contributed by atoms with Gasteiger partial charge in [-0.3, -0.25) is 0 Å². The van der Waals surface area contributed by atoms with Gasteiger partial charge in [0.05, 0.1) is 19.3 Å². The van der Waals surface area contributed by atoms with Gasteiger partial charge in [-0.15, -0.1) is 0 Å². The third-order valence-corrected chi connectivity index (χ3v) is 5.41. The van der Waals surface area contributed by atoms with E-state index in [2.05, 4.69) is 6.92 Å². The van der Waals surface area contributed by atoms with Crippen molar-refractivity contribution < 1.29 is 22.6 Å². The van der Waals surface area contributed by atoms with Crippen LogP contribution in [0.3, 0.4) is 0 Å². The van der Waals surface area contributed by atoms with Crippen molar-refractivity contribution in [3.63, 3.8) is 0 Å². The van der Waals surface area contributed by atoms with Crippen LogP contribution in [-0.4, -0.2) is 19.8 Å². The lowest BCUT2D eigenvalue weighted by molar-refractivity contribution is -0.0448. The van der Waals surface area contributed by atoms with Crippen molar-refractivity contribution >= 4 is 0 Å². The van der Waals surface area contributed by atoms with E-state index in [0.717, 1.165) is 25.9 Å². The summed E-state index contributed by atoms with van der Waals surface area (Å²) in [5.74, 6) is -1.97. The van der Waals surface area contributed by atoms with Crippen molar-refractivity contribution in [1.82, 2.24) is 0 Å². The predicted octanol–water partition coefficient (Wildman–Crippen LogP) is 6.62. The standard InChI is InChI=1S/C24H29F3O2/c1-3-5-17-7-8-18(13-21(17)25)19-9-10-20(24(27)23(19)26)22-11-6-16(15-29-22)14-28-12-4-2/h7-10,13,16,22H,3-6,11-12,14-15H2,1-2H3. The van der Waals surface area contributed by atoms with E-state index in [1.165, 1.54) is 12.1 Å². The van der Waals surface area contributed by atoms with Gasteiger partial charge in [0.15, 0.2) is 11.6 Å². The first-order valence-corrected chi connectivity index (χ1v) is 10.5. The molecule has 0 bridgehead atoms. The predicted molar refractivity (Wildman–Crippen MR) is 108 cm³/mol. The van der Waals surface area contributed by atoms with Crippen LogP contribution in [0, 0.1) is 23.4 Å². The Morgan fingerprint density at radius 1 is 1.00 bits per heavy atom. The first-order valence-electron chi connectivity index (χ1n) is 10.5. The zero-order chi connectivity index (χ0) is 20.8. The van der Waals surface area contributed by atoms with E-state index in [9.17, 15) is 13.2 Å². The quantitative estimate of drug-likeness (QED) is 0.459. The number of halogens is 3. The van der Waals surface area contributed by atoms with Crippen molar-refractivity contribution in [3.05, 3.63) is 58.9 Å². The second kappa shape index (κ2) is 10.3. The Hall–Kier alpha value is -1.85. The van der Waals surface area contributed by atoms with Gasteiger partial charge in [-0.25, -0.2) is 13.2 Å². The Bertz CT molecular complexity index is 814. The number of aryl methyl sites for hydroxylation is 1. The van der Waals surface area contributed by atoms with Crippen LogP contribution in [0.2, 0.25) is 0 Å². The van der Waals surface area contributed by atoms with Gasteiger partial charge in [0.2, 0.25) is 0 Å². The second-order valence-corrected chi connectivity index (χ2v) is 7.73. The lowest BCUT2D eigenvalue weighted by Gasteiger charge is -2.29. The Kier molecular flexibility index (Phi) is 7.73. The molecule has 0 saturated carbocycles. The third-order valence-electron chi connectivity index (χ3n) is 5.41. The van der Waals surface area contributed by atoms with Crippen LogP contribution in [-0.2, 0) is 15.9 Å². The fourth-order valence-corrected chi connectivity index (χ4v) is 3.80. The van der Waals surface area contributed by atoms with Crippen molar-refractivity contribution in [1.29, 1.82) is 0 Å². The Morgan fingerprint density at radius 2 is 1.83 bits per heavy atom. The maximum Gasteiger partial charge on any atom is 0.167 e. The number of hydrogen-bond acceptors (Lipinski definition) is 2. The summed E-state index contributed by atoms with van der Waals surface area (Å²) >= 11 is 0. The van der Waals surface area contributed by atoms with E-state index in [-0.39, 0.29) is 22.9 Å². The van der Waals surface area contributed by atoms with Crippen LogP contribution in [0.1, 0.15) is 56.8 Å². The molecule has 0 radical (unpaired) electrons. The molecule has 1 heterocycles. The van der Waals surface area contributed by atoms with Gasteiger partial charge in [0.1, 0.15) is 5.82 Å². The van der Waals surface area contributed by atoms with Gasteiger partial charge in [-0.05, 0) is 42.9 Å². The molecule has 5 heteroatoms. The third kappa shape index (κ3) is 5.20. The van der Waals surface area contributed by atoms with Gasteiger partial charge in [-0.1, -0.05) is 44.5 Å². The molecule has 2 aromatic rings. The minimum atomic E-state index is -0.956. The molecule has 0 aromatic heterocycles. The normalized spacial score (nSPS) is 19.5. The summed E-state index contributed by atoms with van der Waals surface area (Å²) in [4.78, 5) is 0. The summed E-state index contributed by atoms with van der Waals surface area (Å²) in [5, 5.41) is 0. The Morgan fingerprint density at radius 3 is 2.48 bits per heavy atom. The summed E-state index contributed by atoms with van der Waals surface area (Å²) in [6.45, 7) is 5.86. The molecular weight excluding hydrogens is 377 g/mol. The maximum absolute atomic E-state index is 14.8. The molecule has 2 atom stereocenters. The average molecular weight is 406 g/mol. The number of rotatable bonds is 8. The molecule has 0 aliphatic carbocycles. The van der Waals surface area contributed by atoms with E-state index in [4.69, 9.17) is 9.47 Å². The Labute approximate surface area is 171 Å². The minimum Gasteiger partial charge on any atom is -0.381 e. The minimum absolute atomic E-state index is 0.0647. The summed E-state index contributed by atoms with van der Waals surface area (Å²) in [6, 6.07) is 7.64. The van der Waals surface area contributed by atoms with Crippen molar-refractivity contribution in [2.45, 2.75) is 52.1 Å². The Balaban J connectivity index is 1.73. The van der Waals surface area contributed by atoms with E-state index < -0.39 is 17.7 Å². The van der Waals surface area contributed by atoms with Crippen LogP contribution < -0.4 is 0 Å². The van der Waals surface area contributed by atoms with Gasteiger partial charge in [0, 0.05) is 23.7 Å². The number of benzene rings is 2. The fourth-order valence-electron chi connectivity index (χ4n) is 3.80. The molecule has 1 saturated heterocycles. The van der Waals surface area contributed by atoms with Gasteiger partial charge in [0.25, 0.3) is 0 Å². The van der Waals surface area contributed by atoms with Crippen LogP contribution >= 0.6 is 0 Å². The highest BCUT2D eigenvalue weighted by atomic mass is 19.2. The molecule has 1 aliphatic rings. The average Bonchev–Trinajstić information content (AvgIpc) is 2.73. The molecular formula is C24H29F3O2. The molecule has 1 fully saturated rings. The number of ether oxygens (including phenoxy) is 2. The smallest absolute Gasteiger partial charge is 0.167 e. The van der Waals surface area contributed by atoms with E-state index in [1.807, 2.05) is 6.92 Å². The van der Waals surface area contributed by atoms with Crippen LogP contribution in [0.25, 0.3) is 11.1 Å². The molecule has 0 amide bonds. The van der Waals surface area contributed by atoms with Gasteiger partial charge < -0.3 is 9.47 Å². The van der Waals surface area contributed by atoms with Crippen LogP contribution in [0.15, 0.2) is 30.3 Å². The second-order valence-electron chi connectivity index (χ2n) is 7.73. The van der Waals surface area contributed by atoms with E-state index in [1.54, 1.807) is 18.2 Å².